The number of hydrogen-bond donors (Lipinski definition) is 1. The van der Waals surface area contributed by atoms with Gasteiger partial charge in [0.2, 0.25) is 0 Å². The van der Waals surface area contributed by atoms with Crippen molar-refractivity contribution in [3.63, 3.8) is 0 Å². The third-order valence-electron chi connectivity index (χ3n) is 13.1. The molecule has 0 radical (unpaired) electrons. The van der Waals surface area contributed by atoms with Gasteiger partial charge in [-0.25, -0.2) is 0 Å². The van der Waals surface area contributed by atoms with Gasteiger partial charge in [0.05, 0.1) is 11.1 Å². The molecule has 0 amide bonds. The molecule has 10 aromatic carbocycles. The Morgan fingerprint density at radius 1 is 0.397 bits per heavy atom. The fourth-order valence-electron chi connectivity index (χ4n) is 10.6. The van der Waals surface area contributed by atoms with Gasteiger partial charge in [-0.3, -0.25) is 0 Å². The summed E-state index contributed by atoms with van der Waals surface area (Å²) in [6, 6.07) is 74.0. The highest BCUT2D eigenvalue weighted by Crippen LogP contribution is 2.64. The third kappa shape index (κ3) is 4.27. The molecule has 2 heteroatoms. The van der Waals surface area contributed by atoms with E-state index < -0.39 is 5.41 Å². The molecular weight excluding hydrogens is 703 g/mol. The Bertz CT molecular complexity index is 3320. The predicted octanol–water partition coefficient (Wildman–Crippen LogP) is 14.3. The van der Waals surface area contributed by atoms with Gasteiger partial charge in [-0.05, 0) is 118 Å². The first-order valence-corrected chi connectivity index (χ1v) is 20.2. The fourth-order valence-corrected chi connectivity index (χ4v) is 10.6. The summed E-state index contributed by atoms with van der Waals surface area (Å²) in [6.07, 6.45) is -0.221. The molecule has 1 unspecified atom stereocenters. The molecule has 3 aliphatic rings. The predicted molar refractivity (Wildman–Crippen MR) is 240 cm³/mol. The van der Waals surface area contributed by atoms with Crippen LogP contribution < -0.4 is 10.1 Å². The van der Waals surface area contributed by atoms with Crippen LogP contribution in [0.5, 0.6) is 5.75 Å². The molecule has 58 heavy (non-hydrogen) atoms. The second-order valence-corrected chi connectivity index (χ2v) is 16.0. The van der Waals surface area contributed by atoms with Crippen LogP contribution in [0.1, 0.15) is 34.0 Å². The van der Waals surface area contributed by atoms with Crippen molar-refractivity contribution in [1.29, 1.82) is 0 Å². The summed E-state index contributed by atoms with van der Waals surface area (Å²) in [5.74, 6) is 0.916. The first kappa shape index (κ1) is 31.7. The molecule has 0 saturated heterocycles. The minimum atomic E-state index is -0.411. The lowest BCUT2D eigenvalue weighted by Gasteiger charge is -2.31. The van der Waals surface area contributed by atoms with Crippen molar-refractivity contribution in [3.05, 3.63) is 228 Å². The van der Waals surface area contributed by atoms with E-state index in [2.05, 4.69) is 199 Å². The number of hydrogen-bond acceptors (Lipinski definition) is 2. The van der Waals surface area contributed by atoms with Crippen molar-refractivity contribution in [2.45, 2.75) is 11.6 Å². The number of benzene rings is 10. The van der Waals surface area contributed by atoms with Crippen LogP contribution in [0, 0.1) is 0 Å². The molecule has 1 atom stereocenters. The van der Waals surface area contributed by atoms with Gasteiger partial charge >= 0.3 is 0 Å². The van der Waals surface area contributed by atoms with Crippen LogP contribution in [0.2, 0.25) is 0 Å². The van der Waals surface area contributed by atoms with Gasteiger partial charge in [0.25, 0.3) is 0 Å². The van der Waals surface area contributed by atoms with E-state index in [0.717, 1.165) is 22.4 Å². The molecule has 270 valence electrons. The Morgan fingerprint density at radius 2 is 1.02 bits per heavy atom. The maximum absolute atomic E-state index is 6.69. The van der Waals surface area contributed by atoms with Gasteiger partial charge in [0.1, 0.15) is 0 Å². The molecular formula is C56H35NO. The van der Waals surface area contributed by atoms with E-state index in [1.165, 1.54) is 93.7 Å². The maximum Gasteiger partial charge on any atom is 0.196 e. The molecule has 0 bridgehead atoms. The van der Waals surface area contributed by atoms with E-state index in [-0.39, 0.29) is 6.23 Å². The molecule has 1 aliphatic heterocycles. The molecule has 13 rings (SSSR count). The number of ether oxygens (including phenoxy) is 1. The second-order valence-electron chi connectivity index (χ2n) is 16.0. The van der Waals surface area contributed by atoms with Crippen LogP contribution >= 0.6 is 0 Å². The second kappa shape index (κ2) is 11.8. The van der Waals surface area contributed by atoms with Gasteiger partial charge in [0, 0.05) is 10.9 Å². The highest BCUT2D eigenvalue weighted by atomic mass is 16.5. The molecule has 1 N–H and O–H groups in total. The normalized spacial score (nSPS) is 15.1. The number of rotatable bonds is 3. The molecule has 0 aromatic heterocycles. The summed E-state index contributed by atoms with van der Waals surface area (Å²) in [7, 11) is 0. The lowest BCUT2D eigenvalue weighted by atomic mass is 9.70. The zero-order valence-corrected chi connectivity index (χ0v) is 31.5. The molecule has 2 aliphatic carbocycles. The SMILES string of the molecule is c1ccc(C2Nc3ccc4ccc5ccc(-c6cccc(-c7ccc8c(c7)C7(c9ccccc9-c9ccccc97)c7ccc9ccccc9c7-8)c6)cc5c4c3O2)cc1. The first-order valence-electron chi connectivity index (χ1n) is 20.2. The van der Waals surface area contributed by atoms with Crippen LogP contribution in [-0.2, 0) is 5.41 Å². The smallest absolute Gasteiger partial charge is 0.196 e. The van der Waals surface area contributed by atoms with E-state index in [9.17, 15) is 0 Å². The van der Waals surface area contributed by atoms with Crippen LogP contribution in [0.4, 0.5) is 5.69 Å². The molecule has 2 nitrogen and oxygen atoms in total. The summed E-state index contributed by atoms with van der Waals surface area (Å²) >= 11 is 0. The van der Waals surface area contributed by atoms with E-state index in [1.54, 1.807) is 0 Å². The number of fused-ring (bicyclic) bond motifs is 17. The Morgan fingerprint density at radius 3 is 1.84 bits per heavy atom. The lowest BCUT2D eigenvalue weighted by molar-refractivity contribution is 0.263. The van der Waals surface area contributed by atoms with Gasteiger partial charge in [0.15, 0.2) is 12.0 Å². The van der Waals surface area contributed by atoms with Crippen molar-refractivity contribution in [1.82, 2.24) is 0 Å². The number of nitrogens with one attached hydrogen (secondary N) is 1. The zero-order valence-electron chi connectivity index (χ0n) is 31.5. The van der Waals surface area contributed by atoms with Crippen molar-refractivity contribution in [2.24, 2.45) is 0 Å². The van der Waals surface area contributed by atoms with Crippen LogP contribution in [-0.4, -0.2) is 0 Å². The third-order valence-corrected chi connectivity index (χ3v) is 13.1. The van der Waals surface area contributed by atoms with Crippen molar-refractivity contribution in [2.75, 3.05) is 5.32 Å². The average molecular weight is 738 g/mol. The van der Waals surface area contributed by atoms with Crippen molar-refractivity contribution in [3.8, 4) is 50.3 Å². The minimum Gasteiger partial charge on any atom is -0.464 e. The van der Waals surface area contributed by atoms with Crippen LogP contribution in [0.3, 0.4) is 0 Å². The Hall–Kier alpha value is -7.42. The van der Waals surface area contributed by atoms with E-state index >= 15 is 0 Å². The maximum atomic E-state index is 6.69. The molecule has 0 saturated carbocycles. The molecule has 10 aromatic rings. The first-order chi connectivity index (χ1) is 28.7. The van der Waals surface area contributed by atoms with Crippen LogP contribution in [0.25, 0.3) is 76.8 Å². The Kier molecular flexibility index (Phi) is 6.46. The minimum absolute atomic E-state index is 0.221. The number of anilines is 1. The van der Waals surface area contributed by atoms with Crippen molar-refractivity contribution < 1.29 is 4.74 Å². The average Bonchev–Trinajstić information content (AvgIpc) is 3.96. The zero-order chi connectivity index (χ0) is 38.0. The lowest BCUT2D eigenvalue weighted by Crippen LogP contribution is -2.25. The Balaban J connectivity index is 0.974. The summed E-state index contributed by atoms with van der Waals surface area (Å²) < 4.78 is 6.69. The summed E-state index contributed by atoms with van der Waals surface area (Å²) in [5, 5.41) is 10.9. The highest BCUT2D eigenvalue weighted by Gasteiger charge is 2.52. The molecule has 1 heterocycles. The van der Waals surface area contributed by atoms with E-state index in [1.807, 2.05) is 6.07 Å². The van der Waals surface area contributed by atoms with E-state index in [0.29, 0.717) is 0 Å². The van der Waals surface area contributed by atoms with Crippen molar-refractivity contribution >= 4 is 38.0 Å². The topological polar surface area (TPSA) is 21.3 Å². The molecule has 1 spiro atoms. The standard InChI is InChI=1S/C56H35NO/c1-2-12-37(13-3-1)55-57-51-30-27-36-23-21-35-22-24-40(32-46(35)52(36)54(51)58-55)38-14-10-15-39(31-38)41-25-28-45-50(33-41)56(49-29-26-34-11-4-5-16-42(34)53(45)49)47-19-8-6-17-43(47)44-18-7-9-20-48(44)56/h1-33,55,57H. The van der Waals surface area contributed by atoms with Crippen LogP contribution in [0.15, 0.2) is 200 Å². The Labute approximate surface area is 336 Å². The van der Waals surface area contributed by atoms with Gasteiger partial charge < -0.3 is 10.1 Å². The molecule has 0 fully saturated rings. The fraction of sp³-hybridized carbons (Fsp3) is 0.0357. The van der Waals surface area contributed by atoms with Gasteiger partial charge in [-0.1, -0.05) is 176 Å². The quantitative estimate of drug-likeness (QED) is 0.182. The summed E-state index contributed by atoms with van der Waals surface area (Å²) in [4.78, 5) is 0. The van der Waals surface area contributed by atoms with E-state index in [4.69, 9.17) is 4.74 Å². The summed E-state index contributed by atoms with van der Waals surface area (Å²) in [6.45, 7) is 0. The monoisotopic (exact) mass is 737 g/mol. The van der Waals surface area contributed by atoms with Gasteiger partial charge in [-0.15, -0.1) is 0 Å². The van der Waals surface area contributed by atoms with Gasteiger partial charge in [-0.2, -0.15) is 0 Å². The largest absolute Gasteiger partial charge is 0.464 e. The highest BCUT2D eigenvalue weighted by molar-refractivity contribution is 6.14. The summed E-state index contributed by atoms with van der Waals surface area (Å²) in [5.41, 5.74) is 17.3.